The van der Waals surface area contributed by atoms with E-state index in [1.807, 2.05) is 12.1 Å². The molecule has 2 N–H and O–H groups in total. The van der Waals surface area contributed by atoms with Crippen LogP contribution in [0.15, 0.2) is 24.3 Å². The Morgan fingerprint density at radius 3 is 3.00 bits per heavy atom. The summed E-state index contributed by atoms with van der Waals surface area (Å²) in [5, 5.41) is 0. The lowest BCUT2D eigenvalue weighted by Gasteiger charge is -2.27. The smallest absolute Gasteiger partial charge is 0.0701 e. The molecule has 0 amide bonds. The molecule has 0 radical (unpaired) electrons. The average Bonchev–Trinajstić information content (AvgIpc) is 2.38. The van der Waals surface area contributed by atoms with Crippen LogP contribution in [0, 0.1) is 0 Å². The molecule has 1 heterocycles. The van der Waals surface area contributed by atoms with Crippen molar-refractivity contribution in [3.05, 3.63) is 29.8 Å². The van der Waals surface area contributed by atoms with Gasteiger partial charge in [-0.15, -0.1) is 0 Å². The van der Waals surface area contributed by atoms with Crippen molar-refractivity contribution >= 4 is 5.69 Å². The number of nitrogens with zero attached hydrogens (tertiary/aromatic N) is 1. The number of nitrogens with two attached hydrogens (primary N) is 1. The second-order valence-corrected chi connectivity index (χ2v) is 5.25. The van der Waals surface area contributed by atoms with Crippen LogP contribution in [0.3, 0.4) is 0 Å². The minimum absolute atomic E-state index is 0.435. The molecule has 0 bridgehead atoms. The van der Waals surface area contributed by atoms with E-state index in [1.165, 1.54) is 24.8 Å². The largest absolute Gasteiger partial charge is 0.399 e. The van der Waals surface area contributed by atoms with Gasteiger partial charge in [-0.2, -0.15) is 0 Å². The molecule has 1 aliphatic heterocycles. The van der Waals surface area contributed by atoms with E-state index in [0.717, 1.165) is 31.8 Å². The molecule has 2 rings (SSSR count). The molecule has 0 spiro atoms. The lowest BCUT2D eigenvalue weighted by molar-refractivity contribution is -0.00125. The lowest BCUT2D eigenvalue weighted by Crippen LogP contribution is -2.34. The average molecular weight is 248 g/mol. The van der Waals surface area contributed by atoms with Crippen molar-refractivity contribution in [3.63, 3.8) is 0 Å². The number of rotatable bonds is 5. The van der Waals surface area contributed by atoms with Crippen molar-refractivity contribution in [1.82, 2.24) is 4.90 Å². The summed E-state index contributed by atoms with van der Waals surface area (Å²) in [6.07, 6.45) is 5.23. The molecular weight excluding hydrogens is 224 g/mol. The molecule has 1 fully saturated rings. The second kappa shape index (κ2) is 6.76. The van der Waals surface area contributed by atoms with Crippen molar-refractivity contribution in [3.8, 4) is 0 Å². The van der Waals surface area contributed by atoms with Crippen LogP contribution in [-0.2, 0) is 11.2 Å². The Labute approximate surface area is 110 Å². The molecule has 1 aromatic rings. The van der Waals surface area contributed by atoms with Gasteiger partial charge < -0.3 is 15.4 Å². The summed E-state index contributed by atoms with van der Waals surface area (Å²) in [5.74, 6) is 0. The zero-order valence-corrected chi connectivity index (χ0v) is 11.3. The molecular formula is C15H24N2O. The first kappa shape index (κ1) is 13.4. The topological polar surface area (TPSA) is 38.5 Å². The minimum atomic E-state index is 0.435. The van der Waals surface area contributed by atoms with Crippen molar-refractivity contribution in [2.45, 2.75) is 31.8 Å². The predicted molar refractivity (Wildman–Crippen MR) is 75.6 cm³/mol. The normalized spacial score (nSPS) is 20.2. The van der Waals surface area contributed by atoms with Crippen LogP contribution >= 0.6 is 0 Å². The van der Waals surface area contributed by atoms with Gasteiger partial charge in [-0.1, -0.05) is 12.1 Å². The standard InChI is InChI=1S/C15H24N2O/c1-17(12-15-7-2-3-10-18-15)9-8-13-5-4-6-14(16)11-13/h4-6,11,15H,2-3,7-10,12,16H2,1H3. The van der Waals surface area contributed by atoms with Gasteiger partial charge in [0.05, 0.1) is 6.10 Å². The van der Waals surface area contributed by atoms with E-state index < -0.39 is 0 Å². The summed E-state index contributed by atoms with van der Waals surface area (Å²) >= 11 is 0. The Morgan fingerprint density at radius 2 is 2.28 bits per heavy atom. The number of hydrogen-bond donors (Lipinski definition) is 1. The molecule has 18 heavy (non-hydrogen) atoms. The summed E-state index contributed by atoms with van der Waals surface area (Å²) in [6.45, 7) is 3.04. The lowest BCUT2D eigenvalue weighted by atomic mass is 10.1. The number of benzene rings is 1. The summed E-state index contributed by atoms with van der Waals surface area (Å²) in [5.41, 5.74) is 7.94. The van der Waals surface area contributed by atoms with Crippen LogP contribution in [0.4, 0.5) is 5.69 Å². The van der Waals surface area contributed by atoms with Gasteiger partial charge in [0.2, 0.25) is 0 Å². The van der Waals surface area contributed by atoms with Gasteiger partial charge in [0, 0.05) is 25.4 Å². The number of nitrogen functional groups attached to an aromatic ring is 1. The molecule has 1 atom stereocenters. The zero-order chi connectivity index (χ0) is 12.8. The van der Waals surface area contributed by atoms with Crippen molar-refractivity contribution in [2.24, 2.45) is 0 Å². The first-order chi connectivity index (χ1) is 8.74. The molecule has 1 unspecified atom stereocenters. The summed E-state index contributed by atoms with van der Waals surface area (Å²) in [6, 6.07) is 8.16. The van der Waals surface area contributed by atoms with E-state index in [-0.39, 0.29) is 0 Å². The number of hydrogen-bond acceptors (Lipinski definition) is 3. The van der Waals surface area contributed by atoms with Crippen LogP contribution in [0.2, 0.25) is 0 Å². The highest BCUT2D eigenvalue weighted by molar-refractivity contribution is 5.40. The first-order valence-electron chi connectivity index (χ1n) is 6.88. The third-order valence-corrected chi connectivity index (χ3v) is 3.52. The number of ether oxygens (including phenoxy) is 1. The highest BCUT2D eigenvalue weighted by Crippen LogP contribution is 2.14. The molecule has 1 saturated heterocycles. The Bertz CT molecular complexity index is 361. The van der Waals surface area contributed by atoms with Crippen LogP contribution in [0.25, 0.3) is 0 Å². The van der Waals surface area contributed by atoms with E-state index in [1.54, 1.807) is 0 Å². The SMILES string of the molecule is CN(CCc1cccc(N)c1)CC1CCCCO1. The quantitative estimate of drug-likeness (QED) is 0.813. The fourth-order valence-corrected chi connectivity index (χ4v) is 2.46. The van der Waals surface area contributed by atoms with Crippen LogP contribution in [0.1, 0.15) is 24.8 Å². The van der Waals surface area contributed by atoms with Gasteiger partial charge in [-0.3, -0.25) is 0 Å². The van der Waals surface area contributed by atoms with Crippen molar-refractivity contribution in [2.75, 3.05) is 32.5 Å². The fraction of sp³-hybridized carbons (Fsp3) is 0.600. The van der Waals surface area contributed by atoms with Gasteiger partial charge >= 0.3 is 0 Å². The molecule has 3 heteroatoms. The van der Waals surface area contributed by atoms with E-state index in [4.69, 9.17) is 10.5 Å². The van der Waals surface area contributed by atoms with Crippen LogP contribution < -0.4 is 5.73 Å². The Hall–Kier alpha value is -1.06. The number of anilines is 1. The van der Waals surface area contributed by atoms with E-state index in [0.29, 0.717) is 6.10 Å². The van der Waals surface area contributed by atoms with Gasteiger partial charge in [-0.05, 0) is 50.4 Å². The predicted octanol–water partition coefficient (Wildman–Crippen LogP) is 2.31. The number of likely N-dealkylation sites (N-methyl/N-ethyl adjacent to an activating group) is 1. The van der Waals surface area contributed by atoms with E-state index in [2.05, 4.69) is 24.1 Å². The second-order valence-electron chi connectivity index (χ2n) is 5.25. The maximum atomic E-state index is 5.78. The third kappa shape index (κ3) is 4.31. The Balaban J connectivity index is 1.72. The van der Waals surface area contributed by atoms with Gasteiger partial charge in [-0.25, -0.2) is 0 Å². The summed E-state index contributed by atoms with van der Waals surface area (Å²) in [4.78, 5) is 2.36. The highest BCUT2D eigenvalue weighted by atomic mass is 16.5. The van der Waals surface area contributed by atoms with Gasteiger partial charge in [0.15, 0.2) is 0 Å². The van der Waals surface area contributed by atoms with E-state index >= 15 is 0 Å². The Morgan fingerprint density at radius 1 is 1.39 bits per heavy atom. The molecule has 100 valence electrons. The summed E-state index contributed by atoms with van der Waals surface area (Å²) in [7, 11) is 2.17. The molecule has 0 saturated carbocycles. The van der Waals surface area contributed by atoms with Gasteiger partial charge in [0.1, 0.15) is 0 Å². The summed E-state index contributed by atoms with van der Waals surface area (Å²) < 4.78 is 5.76. The molecule has 3 nitrogen and oxygen atoms in total. The van der Waals surface area contributed by atoms with Crippen LogP contribution in [-0.4, -0.2) is 37.7 Å². The van der Waals surface area contributed by atoms with Crippen molar-refractivity contribution < 1.29 is 4.74 Å². The highest BCUT2D eigenvalue weighted by Gasteiger charge is 2.15. The zero-order valence-electron chi connectivity index (χ0n) is 11.3. The maximum Gasteiger partial charge on any atom is 0.0701 e. The monoisotopic (exact) mass is 248 g/mol. The molecule has 0 aliphatic carbocycles. The van der Waals surface area contributed by atoms with E-state index in [9.17, 15) is 0 Å². The molecule has 0 aromatic heterocycles. The minimum Gasteiger partial charge on any atom is -0.399 e. The molecule has 1 aliphatic rings. The molecule has 1 aromatic carbocycles. The van der Waals surface area contributed by atoms with Crippen molar-refractivity contribution in [1.29, 1.82) is 0 Å². The Kier molecular flexibility index (Phi) is 5.02. The maximum absolute atomic E-state index is 5.78. The van der Waals surface area contributed by atoms with Gasteiger partial charge in [0.25, 0.3) is 0 Å². The fourth-order valence-electron chi connectivity index (χ4n) is 2.46. The third-order valence-electron chi connectivity index (χ3n) is 3.52. The first-order valence-corrected chi connectivity index (χ1v) is 6.88. The van der Waals surface area contributed by atoms with Crippen LogP contribution in [0.5, 0.6) is 0 Å².